The van der Waals surface area contributed by atoms with Gasteiger partial charge in [-0.25, -0.2) is 13.8 Å². The summed E-state index contributed by atoms with van der Waals surface area (Å²) in [4.78, 5) is 3.41. The van der Waals surface area contributed by atoms with Gasteiger partial charge in [-0.2, -0.15) is 0 Å². The fraction of sp³-hybridized carbons (Fsp3) is 0.375. The van der Waals surface area contributed by atoms with Crippen LogP contribution in [0.25, 0.3) is 0 Å². The molecule has 1 aromatic rings. The number of rotatable bonds is 3. The molecule has 0 saturated carbocycles. The van der Waals surface area contributed by atoms with Crippen molar-refractivity contribution in [3.63, 3.8) is 0 Å². The van der Waals surface area contributed by atoms with Gasteiger partial charge < -0.3 is 4.74 Å². The van der Waals surface area contributed by atoms with Gasteiger partial charge >= 0.3 is 6.36 Å². The van der Waals surface area contributed by atoms with Crippen LogP contribution in [0.2, 0.25) is 0 Å². The summed E-state index contributed by atoms with van der Waals surface area (Å²) in [5, 5.41) is -0.116. The molecular weight excluding hydrogens is 428 g/mol. The van der Waals surface area contributed by atoms with Crippen molar-refractivity contribution in [3.05, 3.63) is 21.0 Å². The molecule has 0 amide bonds. The van der Waals surface area contributed by atoms with Crippen molar-refractivity contribution in [3.8, 4) is 5.75 Å². The molecule has 1 aromatic heterocycles. The zero-order chi connectivity index (χ0) is 13.2. The van der Waals surface area contributed by atoms with Crippen molar-refractivity contribution < 1.29 is 26.7 Å². The first-order chi connectivity index (χ1) is 7.74. The molecule has 0 fully saturated rings. The molecule has 0 saturated heterocycles. The van der Waals surface area contributed by atoms with Crippen LogP contribution in [0.4, 0.5) is 22.0 Å². The van der Waals surface area contributed by atoms with Gasteiger partial charge in [0.2, 0.25) is 0 Å². The van der Waals surface area contributed by atoms with Crippen LogP contribution in [0.1, 0.15) is 17.8 Å². The van der Waals surface area contributed by atoms with E-state index in [1.807, 2.05) is 0 Å². The second-order valence-electron chi connectivity index (χ2n) is 2.79. The summed E-state index contributed by atoms with van der Waals surface area (Å²) >= 11 is 4.36. The van der Waals surface area contributed by atoms with Crippen LogP contribution in [0.15, 0.2) is 6.07 Å². The van der Waals surface area contributed by atoms with E-state index in [1.54, 1.807) is 0 Å². The molecule has 2 nitrogen and oxygen atoms in total. The largest absolute Gasteiger partial charge is 0.573 e. The lowest BCUT2D eigenvalue weighted by Crippen LogP contribution is -2.19. The van der Waals surface area contributed by atoms with Gasteiger partial charge in [0.1, 0.15) is 5.69 Å². The number of nitrogens with zero attached hydrogens (tertiary/aromatic N) is 1. The number of ether oxygens (including phenoxy) is 1. The topological polar surface area (TPSA) is 22.1 Å². The zero-order valence-corrected chi connectivity index (χ0v) is 11.6. The quantitative estimate of drug-likeness (QED) is 0.401. The Morgan fingerprint density at radius 1 is 1.41 bits per heavy atom. The predicted octanol–water partition coefficient (Wildman–Crippen LogP) is 4.42. The van der Waals surface area contributed by atoms with Crippen molar-refractivity contribution >= 4 is 38.5 Å². The Morgan fingerprint density at radius 3 is 2.41 bits per heavy atom. The summed E-state index contributed by atoms with van der Waals surface area (Å²) in [6, 6.07) is 0.860. The third-order valence-corrected chi connectivity index (χ3v) is 2.92. The Hall–Kier alpha value is -0.190. The van der Waals surface area contributed by atoms with Crippen molar-refractivity contribution in [2.45, 2.75) is 18.1 Å². The van der Waals surface area contributed by atoms with E-state index >= 15 is 0 Å². The molecule has 0 bridgehead atoms. The molecule has 96 valence electrons. The molecular formula is C8H4BrF5INO. The minimum absolute atomic E-state index is 0.0697. The van der Waals surface area contributed by atoms with E-state index in [0.29, 0.717) is 0 Å². The third kappa shape index (κ3) is 4.19. The highest BCUT2D eigenvalue weighted by atomic mass is 127. The first kappa shape index (κ1) is 14.9. The Balaban J connectivity index is 3.21. The molecule has 0 radical (unpaired) electrons. The average molecular weight is 432 g/mol. The van der Waals surface area contributed by atoms with Crippen molar-refractivity contribution in [2.24, 2.45) is 0 Å². The standard InChI is InChI=1S/C8H4BrF5INO/c9-2-5-6(17-8(12,13)14)3(15)1-4(16-5)7(10)11/h1,7H,2H2. The molecule has 0 aliphatic heterocycles. The van der Waals surface area contributed by atoms with Gasteiger partial charge in [0.15, 0.2) is 5.75 Å². The lowest BCUT2D eigenvalue weighted by molar-refractivity contribution is -0.275. The highest BCUT2D eigenvalue weighted by Gasteiger charge is 2.33. The van der Waals surface area contributed by atoms with E-state index in [4.69, 9.17) is 0 Å². The molecule has 17 heavy (non-hydrogen) atoms. The number of aromatic nitrogens is 1. The van der Waals surface area contributed by atoms with Crippen molar-refractivity contribution in [2.75, 3.05) is 0 Å². The molecule has 1 heterocycles. The second kappa shape index (κ2) is 5.63. The molecule has 1 rings (SSSR count). The normalized spacial score (nSPS) is 12.0. The van der Waals surface area contributed by atoms with Crippen LogP contribution in [-0.4, -0.2) is 11.3 Å². The van der Waals surface area contributed by atoms with Gasteiger partial charge in [0.25, 0.3) is 6.43 Å². The SMILES string of the molecule is FC(F)c1cc(I)c(OC(F)(F)F)c(CBr)n1. The minimum Gasteiger partial charge on any atom is -0.403 e. The lowest BCUT2D eigenvalue weighted by atomic mass is 10.3. The minimum atomic E-state index is -4.88. The van der Waals surface area contributed by atoms with Crippen LogP contribution < -0.4 is 4.74 Å². The summed E-state index contributed by atoms with van der Waals surface area (Å²) in [5.41, 5.74) is -0.803. The van der Waals surface area contributed by atoms with E-state index in [9.17, 15) is 22.0 Å². The van der Waals surface area contributed by atoms with E-state index < -0.39 is 24.2 Å². The second-order valence-corrected chi connectivity index (χ2v) is 4.51. The first-order valence-electron chi connectivity index (χ1n) is 4.03. The third-order valence-electron chi connectivity index (χ3n) is 1.59. The summed E-state index contributed by atoms with van der Waals surface area (Å²) in [6.07, 6.45) is -7.73. The maximum absolute atomic E-state index is 12.4. The van der Waals surface area contributed by atoms with Gasteiger partial charge in [-0.05, 0) is 28.7 Å². The lowest BCUT2D eigenvalue weighted by Gasteiger charge is -2.14. The highest BCUT2D eigenvalue weighted by molar-refractivity contribution is 14.1. The van der Waals surface area contributed by atoms with Crippen LogP contribution >= 0.6 is 38.5 Å². The molecule has 0 unspecified atom stereocenters. The number of alkyl halides is 6. The van der Waals surface area contributed by atoms with Crippen LogP contribution in [0.5, 0.6) is 5.75 Å². The summed E-state index contributed by atoms with van der Waals surface area (Å²) < 4.78 is 64.7. The zero-order valence-electron chi connectivity index (χ0n) is 7.86. The molecule has 0 aliphatic rings. The maximum atomic E-state index is 12.4. The first-order valence-corrected chi connectivity index (χ1v) is 6.23. The summed E-state index contributed by atoms with van der Waals surface area (Å²) in [6.45, 7) is 0. The van der Waals surface area contributed by atoms with Gasteiger partial charge in [-0.15, -0.1) is 13.2 Å². The Kier molecular flexibility index (Phi) is 4.93. The molecule has 0 aromatic carbocycles. The Bertz CT molecular complexity index is 412. The predicted molar refractivity (Wildman–Crippen MR) is 61.2 cm³/mol. The monoisotopic (exact) mass is 431 g/mol. The summed E-state index contributed by atoms with van der Waals surface area (Å²) in [7, 11) is 0. The van der Waals surface area contributed by atoms with Crippen molar-refractivity contribution in [1.82, 2.24) is 4.98 Å². The fourth-order valence-corrected chi connectivity index (χ4v) is 2.12. The Labute approximate surface area is 115 Å². The van der Waals surface area contributed by atoms with Gasteiger partial charge in [-0.3, -0.25) is 0 Å². The molecule has 0 aliphatic carbocycles. The number of hydrogen-bond donors (Lipinski definition) is 0. The molecule has 0 spiro atoms. The smallest absolute Gasteiger partial charge is 0.403 e. The molecule has 0 atom stereocenters. The maximum Gasteiger partial charge on any atom is 0.573 e. The Morgan fingerprint density at radius 2 is 2.00 bits per heavy atom. The van der Waals surface area contributed by atoms with E-state index in [2.05, 4.69) is 25.7 Å². The summed E-state index contributed by atoms with van der Waals surface area (Å²) in [5.74, 6) is -0.556. The van der Waals surface area contributed by atoms with Gasteiger partial charge in [0, 0.05) is 5.33 Å². The van der Waals surface area contributed by atoms with Crippen LogP contribution in [0, 0.1) is 3.57 Å². The van der Waals surface area contributed by atoms with E-state index in [-0.39, 0.29) is 14.6 Å². The average Bonchev–Trinajstić information content (AvgIpc) is 2.18. The van der Waals surface area contributed by atoms with Gasteiger partial charge in [-0.1, -0.05) is 15.9 Å². The van der Waals surface area contributed by atoms with Gasteiger partial charge in [0.05, 0.1) is 9.26 Å². The number of hydrogen-bond acceptors (Lipinski definition) is 2. The number of pyridine rings is 1. The van der Waals surface area contributed by atoms with Crippen molar-refractivity contribution in [1.29, 1.82) is 0 Å². The van der Waals surface area contributed by atoms with Crippen LogP contribution in [0.3, 0.4) is 0 Å². The van der Waals surface area contributed by atoms with Crippen LogP contribution in [-0.2, 0) is 5.33 Å². The van der Waals surface area contributed by atoms with E-state index in [1.165, 1.54) is 22.6 Å². The fourth-order valence-electron chi connectivity index (χ4n) is 0.998. The number of halogens is 7. The molecule has 9 heteroatoms. The van der Waals surface area contributed by atoms with E-state index in [0.717, 1.165) is 6.07 Å². The highest BCUT2D eigenvalue weighted by Crippen LogP contribution is 2.33. The molecule has 0 N–H and O–H groups in total.